The highest BCUT2D eigenvalue weighted by atomic mass is 16.6. The summed E-state index contributed by atoms with van der Waals surface area (Å²) in [5.41, 5.74) is 1.51. The molecule has 0 radical (unpaired) electrons. The number of nitrogens with zero attached hydrogens (tertiary/aromatic N) is 1. The molecule has 0 atom stereocenters. The van der Waals surface area contributed by atoms with Crippen molar-refractivity contribution in [2.45, 2.75) is 19.4 Å². The Morgan fingerprint density at radius 1 is 1.04 bits per heavy atom. The van der Waals surface area contributed by atoms with E-state index in [1.165, 1.54) is 0 Å². The molecule has 0 aliphatic carbocycles. The van der Waals surface area contributed by atoms with E-state index >= 15 is 0 Å². The Kier molecular flexibility index (Phi) is 5.96. The topological polar surface area (TPSA) is 65.1 Å². The van der Waals surface area contributed by atoms with Crippen molar-refractivity contribution in [3.8, 4) is 17.2 Å². The number of ether oxygens (including phenoxy) is 3. The van der Waals surface area contributed by atoms with Crippen molar-refractivity contribution in [3.05, 3.63) is 53.6 Å². The first-order chi connectivity index (χ1) is 13.1. The Morgan fingerprint density at radius 2 is 1.81 bits per heavy atom. The van der Waals surface area contributed by atoms with E-state index in [2.05, 4.69) is 0 Å². The molecule has 3 rings (SSSR count). The van der Waals surface area contributed by atoms with E-state index in [-0.39, 0.29) is 24.5 Å². The van der Waals surface area contributed by atoms with Gasteiger partial charge in [0.1, 0.15) is 19.0 Å². The van der Waals surface area contributed by atoms with Gasteiger partial charge in [-0.15, -0.1) is 0 Å². The van der Waals surface area contributed by atoms with Crippen LogP contribution >= 0.6 is 0 Å². The monoisotopic (exact) mass is 369 g/mol. The van der Waals surface area contributed by atoms with Gasteiger partial charge in [-0.05, 0) is 35.9 Å². The van der Waals surface area contributed by atoms with Crippen LogP contribution in [-0.4, -0.2) is 44.0 Å². The van der Waals surface area contributed by atoms with E-state index in [1.54, 1.807) is 37.3 Å². The van der Waals surface area contributed by atoms with E-state index in [0.29, 0.717) is 36.8 Å². The molecule has 6 heteroatoms. The molecule has 0 bridgehead atoms. The third-order valence-electron chi connectivity index (χ3n) is 4.41. The second-order valence-corrected chi connectivity index (χ2v) is 6.38. The largest absolute Gasteiger partial charge is 0.497 e. The molecule has 2 aromatic carbocycles. The van der Waals surface area contributed by atoms with E-state index in [0.717, 1.165) is 11.3 Å². The third-order valence-corrected chi connectivity index (χ3v) is 4.41. The molecule has 0 aromatic heterocycles. The fourth-order valence-electron chi connectivity index (χ4n) is 2.91. The summed E-state index contributed by atoms with van der Waals surface area (Å²) in [5, 5.41) is 0. The first kappa shape index (κ1) is 18.8. The normalized spacial score (nSPS) is 12.4. The van der Waals surface area contributed by atoms with Gasteiger partial charge in [-0.25, -0.2) is 0 Å². The van der Waals surface area contributed by atoms with Crippen LogP contribution in [0, 0.1) is 0 Å². The van der Waals surface area contributed by atoms with Gasteiger partial charge in [-0.2, -0.15) is 0 Å². The van der Waals surface area contributed by atoms with Gasteiger partial charge in [-0.3, -0.25) is 9.59 Å². The summed E-state index contributed by atoms with van der Waals surface area (Å²) in [7, 11) is 3.34. The Labute approximate surface area is 158 Å². The van der Waals surface area contributed by atoms with Crippen molar-refractivity contribution in [1.82, 2.24) is 4.90 Å². The number of hydrogen-bond acceptors (Lipinski definition) is 5. The van der Waals surface area contributed by atoms with Gasteiger partial charge in [0.15, 0.2) is 17.3 Å². The van der Waals surface area contributed by atoms with E-state index in [1.807, 2.05) is 24.3 Å². The number of methoxy groups -OCH3 is 1. The number of fused-ring (bicyclic) bond motifs is 1. The molecule has 2 aromatic rings. The summed E-state index contributed by atoms with van der Waals surface area (Å²) < 4.78 is 16.2. The summed E-state index contributed by atoms with van der Waals surface area (Å²) in [5.74, 6) is 1.81. The molecule has 1 aliphatic heterocycles. The lowest BCUT2D eigenvalue weighted by Gasteiger charge is -2.19. The lowest BCUT2D eigenvalue weighted by atomic mass is 10.1. The number of amides is 1. The highest BCUT2D eigenvalue weighted by Crippen LogP contribution is 2.31. The maximum atomic E-state index is 12.4. The lowest BCUT2D eigenvalue weighted by Crippen LogP contribution is -2.26. The summed E-state index contributed by atoms with van der Waals surface area (Å²) in [6.45, 7) is 1.45. The zero-order chi connectivity index (χ0) is 19.2. The molecular formula is C21H23NO5. The highest BCUT2D eigenvalue weighted by molar-refractivity contribution is 5.98. The number of carbonyl (C=O) groups is 2. The minimum Gasteiger partial charge on any atom is -0.497 e. The predicted molar refractivity (Wildman–Crippen MR) is 100 cm³/mol. The van der Waals surface area contributed by atoms with Crippen LogP contribution in [0.4, 0.5) is 0 Å². The molecule has 0 saturated carbocycles. The molecular weight excluding hydrogens is 346 g/mol. The fraction of sp³-hybridized carbons (Fsp3) is 0.333. The smallest absolute Gasteiger partial charge is 0.223 e. The van der Waals surface area contributed by atoms with Crippen molar-refractivity contribution in [2.75, 3.05) is 27.4 Å². The van der Waals surface area contributed by atoms with Gasteiger partial charge in [-0.1, -0.05) is 12.1 Å². The summed E-state index contributed by atoms with van der Waals surface area (Å²) in [6, 6.07) is 12.7. The minimum absolute atomic E-state index is 0.0799. The van der Waals surface area contributed by atoms with Crippen molar-refractivity contribution in [2.24, 2.45) is 0 Å². The Morgan fingerprint density at radius 3 is 2.59 bits per heavy atom. The second kappa shape index (κ2) is 8.58. The molecule has 0 N–H and O–H groups in total. The van der Waals surface area contributed by atoms with Crippen molar-refractivity contribution >= 4 is 11.7 Å². The average molecular weight is 369 g/mol. The fourth-order valence-corrected chi connectivity index (χ4v) is 2.91. The highest BCUT2D eigenvalue weighted by Gasteiger charge is 2.17. The number of carbonyl (C=O) groups excluding carboxylic acids is 2. The molecule has 0 spiro atoms. The Hall–Kier alpha value is -3.02. The first-order valence-corrected chi connectivity index (χ1v) is 8.86. The van der Waals surface area contributed by atoms with Crippen LogP contribution in [0.15, 0.2) is 42.5 Å². The summed E-state index contributed by atoms with van der Waals surface area (Å²) in [4.78, 5) is 26.4. The van der Waals surface area contributed by atoms with Crippen LogP contribution in [0.25, 0.3) is 0 Å². The van der Waals surface area contributed by atoms with Gasteiger partial charge in [0.05, 0.1) is 7.11 Å². The number of rotatable bonds is 7. The molecule has 0 fully saturated rings. The van der Waals surface area contributed by atoms with E-state index in [9.17, 15) is 9.59 Å². The van der Waals surface area contributed by atoms with Crippen molar-refractivity contribution in [1.29, 1.82) is 0 Å². The lowest BCUT2D eigenvalue weighted by molar-refractivity contribution is -0.130. The van der Waals surface area contributed by atoms with Gasteiger partial charge in [0.2, 0.25) is 5.91 Å². The maximum Gasteiger partial charge on any atom is 0.223 e. The third kappa shape index (κ3) is 4.78. The Balaban J connectivity index is 1.54. The van der Waals surface area contributed by atoms with Gasteiger partial charge >= 0.3 is 0 Å². The van der Waals surface area contributed by atoms with Crippen LogP contribution in [-0.2, 0) is 11.3 Å². The van der Waals surface area contributed by atoms with Crippen LogP contribution in [0.5, 0.6) is 17.2 Å². The molecule has 1 aliphatic rings. The quantitative estimate of drug-likeness (QED) is 0.702. The van der Waals surface area contributed by atoms with Crippen molar-refractivity contribution < 1.29 is 23.8 Å². The number of hydrogen-bond donors (Lipinski definition) is 0. The number of ketones is 1. The molecule has 1 amide bonds. The molecule has 6 nitrogen and oxygen atoms in total. The zero-order valence-electron chi connectivity index (χ0n) is 15.6. The van der Waals surface area contributed by atoms with Crippen LogP contribution < -0.4 is 14.2 Å². The second-order valence-electron chi connectivity index (χ2n) is 6.38. The van der Waals surface area contributed by atoms with Crippen LogP contribution in [0.3, 0.4) is 0 Å². The van der Waals surface area contributed by atoms with Gasteiger partial charge < -0.3 is 19.1 Å². The summed E-state index contributed by atoms with van der Waals surface area (Å²) in [6.07, 6.45) is 0.314. The minimum atomic E-state index is -0.0879. The van der Waals surface area contributed by atoms with E-state index < -0.39 is 0 Å². The Bertz CT molecular complexity index is 833. The first-order valence-electron chi connectivity index (χ1n) is 8.86. The standard InChI is InChI=1S/C21H23NO5/c1-22(14-15-4-3-5-17(12-15)25-2)21(24)9-7-18(23)16-6-8-19-20(13-16)27-11-10-26-19/h3-6,8,12-13H,7,9-11,14H2,1-2H3. The zero-order valence-corrected chi connectivity index (χ0v) is 15.6. The maximum absolute atomic E-state index is 12.4. The van der Waals surface area contributed by atoms with Gasteiger partial charge in [0.25, 0.3) is 0 Å². The molecule has 142 valence electrons. The van der Waals surface area contributed by atoms with Crippen LogP contribution in [0.1, 0.15) is 28.8 Å². The number of benzene rings is 2. The molecule has 0 saturated heterocycles. The average Bonchev–Trinajstić information content (AvgIpc) is 2.71. The number of Topliss-reactive ketones (excluding diaryl/α,β-unsaturated/α-hetero) is 1. The van der Waals surface area contributed by atoms with Crippen LogP contribution in [0.2, 0.25) is 0 Å². The summed E-state index contributed by atoms with van der Waals surface area (Å²) >= 11 is 0. The molecule has 0 unspecified atom stereocenters. The predicted octanol–water partition coefficient (Wildman–Crippen LogP) is 3.09. The SMILES string of the molecule is COc1cccc(CN(C)C(=O)CCC(=O)c2ccc3c(c2)OCCO3)c1. The molecule has 27 heavy (non-hydrogen) atoms. The molecule has 1 heterocycles. The van der Waals surface area contributed by atoms with E-state index in [4.69, 9.17) is 14.2 Å². The van der Waals surface area contributed by atoms with Gasteiger partial charge in [0, 0.05) is 32.0 Å². The van der Waals surface area contributed by atoms with Crippen molar-refractivity contribution in [3.63, 3.8) is 0 Å².